The number of carboxylic acids is 1. The fourth-order valence-electron chi connectivity index (χ4n) is 1.33. The molecule has 0 saturated carbocycles. The zero-order valence-corrected chi connectivity index (χ0v) is 13.3. The Morgan fingerprint density at radius 3 is 2.48 bits per heavy atom. The number of nitriles is 1. The van der Waals surface area contributed by atoms with Gasteiger partial charge in [-0.15, -0.1) is 11.3 Å². The van der Waals surface area contributed by atoms with Gasteiger partial charge in [-0.2, -0.15) is 9.98 Å². The first kappa shape index (κ1) is 17.6. The lowest BCUT2D eigenvalue weighted by Gasteiger charge is -2.13. The molecule has 8 nitrogen and oxygen atoms in total. The summed E-state index contributed by atoms with van der Waals surface area (Å²) in [5, 5.41) is 17.6. The third-order valence-corrected chi connectivity index (χ3v) is 6.26. The summed E-state index contributed by atoms with van der Waals surface area (Å²) < 4.78 is 47.7. The quantitative estimate of drug-likeness (QED) is 0.691. The smallest absolute Gasteiger partial charge is 0.321 e. The second kappa shape index (κ2) is 6.52. The number of carbonyl (C=O) groups is 1. The third kappa shape index (κ3) is 5.43. The second-order valence-electron chi connectivity index (χ2n) is 4.16. The lowest BCUT2D eigenvalue weighted by molar-refractivity contribution is -0.139. The molecule has 11 heteroatoms. The van der Waals surface area contributed by atoms with Gasteiger partial charge in [0, 0.05) is 6.26 Å². The van der Waals surface area contributed by atoms with E-state index in [4.69, 9.17) is 10.4 Å². The molecule has 21 heavy (non-hydrogen) atoms. The molecule has 1 unspecified atom stereocenters. The molecule has 0 saturated heterocycles. The summed E-state index contributed by atoms with van der Waals surface area (Å²) in [5.74, 6) is -1.93. The van der Waals surface area contributed by atoms with Crippen molar-refractivity contribution in [3.8, 4) is 6.07 Å². The Morgan fingerprint density at radius 1 is 1.43 bits per heavy atom. The zero-order chi connectivity index (χ0) is 16.3. The summed E-state index contributed by atoms with van der Waals surface area (Å²) in [4.78, 5) is 11.2. The number of rotatable bonds is 7. The molecular formula is C10H12N2O6S3. The number of carboxylic acid groups (broad SMARTS) is 1. The van der Waals surface area contributed by atoms with E-state index >= 15 is 0 Å². The highest BCUT2D eigenvalue weighted by Crippen LogP contribution is 2.21. The fourth-order valence-corrected chi connectivity index (χ4v) is 4.34. The van der Waals surface area contributed by atoms with E-state index in [9.17, 15) is 21.6 Å². The predicted molar refractivity (Wildman–Crippen MR) is 75.1 cm³/mol. The van der Waals surface area contributed by atoms with Gasteiger partial charge >= 0.3 is 5.97 Å². The number of nitrogens with zero attached hydrogens (tertiary/aromatic N) is 1. The molecule has 0 aromatic carbocycles. The van der Waals surface area contributed by atoms with Gasteiger partial charge < -0.3 is 5.11 Å². The molecule has 0 amide bonds. The Labute approximate surface area is 126 Å². The number of hydrogen-bond acceptors (Lipinski definition) is 7. The average molecular weight is 352 g/mol. The minimum absolute atomic E-state index is 0.165. The van der Waals surface area contributed by atoms with Crippen molar-refractivity contribution in [2.75, 3.05) is 12.0 Å². The van der Waals surface area contributed by atoms with E-state index in [1.54, 1.807) is 6.07 Å². The summed E-state index contributed by atoms with van der Waals surface area (Å²) in [5.41, 5.74) is 0. The van der Waals surface area contributed by atoms with Crippen molar-refractivity contribution in [1.82, 2.24) is 4.72 Å². The second-order valence-corrected chi connectivity index (χ2v) is 9.45. The minimum atomic E-state index is -4.12. The molecule has 0 spiro atoms. The van der Waals surface area contributed by atoms with Crippen LogP contribution in [0.1, 0.15) is 11.3 Å². The minimum Gasteiger partial charge on any atom is -0.480 e. The molecule has 0 fully saturated rings. The normalized spacial score (nSPS) is 13.5. The van der Waals surface area contributed by atoms with Gasteiger partial charge in [0.2, 0.25) is 0 Å². The average Bonchev–Trinajstić information content (AvgIpc) is 2.82. The highest BCUT2D eigenvalue weighted by Gasteiger charge is 2.27. The van der Waals surface area contributed by atoms with Gasteiger partial charge in [0.15, 0.2) is 0 Å². The zero-order valence-electron chi connectivity index (χ0n) is 10.8. The molecule has 0 bridgehead atoms. The Balaban J connectivity index is 2.92. The Kier molecular flexibility index (Phi) is 5.46. The van der Waals surface area contributed by atoms with Crippen molar-refractivity contribution >= 4 is 37.2 Å². The van der Waals surface area contributed by atoms with Gasteiger partial charge in [0.05, 0.1) is 5.75 Å². The summed E-state index contributed by atoms with van der Waals surface area (Å²) >= 11 is 0.694. The van der Waals surface area contributed by atoms with Crippen LogP contribution >= 0.6 is 11.3 Å². The Morgan fingerprint density at radius 2 is 2.05 bits per heavy atom. The predicted octanol–water partition coefficient (Wildman–Crippen LogP) is -0.214. The lowest BCUT2D eigenvalue weighted by atomic mass is 10.2. The molecular weight excluding hydrogens is 340 g/mol. The van der Waals surface area contributed by atoms with Crippen molar-refractivity contribution in [3.05, 3.63) is 17.0 Å². The van der Waals surface area contributed by atoms with Crippen molar-refractivity contribution in [2.24, 2.45) is 0 Å². The number of thiophene rings is 1. The van der Waals surface area contributed by atoms with Crippen LogP contribution in [0.2, 0.25) is 0 Å². The van der Waals surface area contributed by atoms with Crippen LogP contribution in [0.3, 0.4) is 0 Å². The van der Waals surface area contributed by atoms with E-state index < -0.39 is 37.6 Å². The summed E-state index contributed by atoms with van der Waals surface area (Å²) in [6.07, 6.45) is 0.544. The number of nitrogens with one attached hydrogen (secondary N) is 1. The number of hydrogen-bond donors (Lipinski definition) is 2. The van der Waals surface area contributed by atoms with Gasteiger partial charge in [-0.3, -0.25) is 4.79 Å². The van der Waals surface area contributed by atoms with E-state index in [-0.39, 0.29) is 15.5 Å². The SMILES string of the molecule is CS(=O)(=O)CCC(NS(=O)(=O)c1ccc(C#N)s1)C(=O)O. The molecule has 1 rings (SSSR count). The van der Waals surface area contributed by atoms with Crippen molar-refractivity contribution in [3.63, 3.8) is 0 Å². The van der Waals surface area contributed by atoms with E-state index in [0.29, 0.717) is 11.3 Å². The van der Waals surface area contributed by atoms with Gasteiger partial charge in [0.1, 0.15) is 31.0 Å². The van der Waals surface area contributed by atoms with E-state index in [0.717, 1.165) is 6.26 Å². The molecule has 116 valence electrons. The largest absolute Gasteiger partial charge is 0.480 e. The van der Waals surface area contributed by atoms with Crippen LogP contribution in [0.25, 0.3) is 0 Å². The molecule has 1 heterocycles. The van der Waals surface area contributed by atoms with Crippen LogP contribution in [0, 0.1) is 11.3 Å². The maximum absolute atomic E-state index is 12.0. The standard InChI is InChI=1S/C10H12N2O6S3/c1-20(15,16)5-4-8(10(13)14)12-21(17,18)9-3-2-7(6-11)19-9/h2-3,8,12H,4-5H2,1H3,(H,13,14). The van der Waals surface area contributed by atoms with Crippen molar-refractivity contribution in [2.45, 2.75) is 16.7 Å². The van der Waals surface area contributed by atoms with Gasteiger partial charge in [0.25, 0.3) is 10.0 Å². The summed E-state index contributed by atoms with van der Waals surface area (Å²) in [6, 6.07) is 2.69. The fraction of sp³-hybridized carbons (Fsp3) is 0.400. The highest BCUT2D eigenvalue weighted by molar-refractivity contribution is 7.91. The maximum Gasteiger partial charge on any atom is 0.321 e. The number of aliphatic carboxylic acids is 1. The first-order valence-electron chi connectivity index (χ1n) is 5.48. The Bertz CT molecular complexity index is 772. The maximum atomic E-state index is 12.0. The third-order valence-electron chi connectivity index (χ3n) is 2.33. The van der Waals surface area contributed by atoms with Gasteiger partial charge in [-0.25, -0.2) is 16.8 Å². The molecule has 0 aliphatic carbocycles. The molecule has 1 aromatic heterocycles. The molecule has 0 aliphatic rings. The van der Waals surface area contributed by atoms with Crippen LogP contribution in [0.5, 0.6) is 0 Å². The molecule has 2 N–H and O–H groups in total. The van der Waals surface area contributed by atoms with Gasteiger partial charge in [-0.1, -0.05) is 0 Å². The molecule has 1 atom stereocenters. The highest BCUT2D eigenvalue weighted by atomic mass is 32.2. The van der Waals surface area contributed by atoms with Gasteiger partial charge in [-0.05, 0) is 18.6 Å². The van der Waals surface area contributed by atoms with Crippen LogP contribution < -0.4 is 4.72 Å². The summed E-state index contributed by atoms with van der Waals surface area (Å²) in [6.45, 7) is 0. The molecule has 0 radical (unpaired) electrons. The topological polar surface area (TPSA) is 141 Å². The van der Waals surface area contributed by atoms with Crippen molar-refractivity contribution in [1.29, 1.82) is 5.26 Å². The number of sulfonamides is 1. The monoisotopic (exact) mass is 352 g/mol. The van der Waals surface area contributed by atoms with Crippen LogP contribution in [-0.4, -0.2) is 46.0 Å². The van der Waals surface area contributed by atoms with Crippen LogP contribution in [0.4, 0.5) is 0 Å². The molecule has 1 aromatic rings. The first-order valence-corrected chi connectivity index (χ1v) is 9.84. The van der Waals surface area contributed by atoms with Crippen LogP contribution in [-0.2, 0) is 24.7 Å². The van der Waals surface area contributed by atoms with E-state index in [1.807, 2.05) is 4.72 Å². The summed E-state index contributed by atoms with van der Waals surface area (Å²) in [7, 11) is -7.53. The van der Waals surface area contributed by atoms with Crippen molar-refractivity contribution < 1.29 is 26.7 Å². The molecule has 0 aliphatic heterocycles. The Hall–Kier alpha value is -1.48. The van der Waals surface area contributed by atoms with E-state index in [2.05, 4.69) is 0 Å². The lowest BCUT2D eigenvalue weighted by Crippen LogP contribution is -2.41. The first-order chi connectivity index (χ1) is 9.55. The van der Waals surface area contributed by atoms with E-state index in [1.165, 1.54) is 12.1 Å². The number of sulfone groups is 1. The van der Waals surface area contributed by atoms with Crippen LogP contribution in [0.15, 0.2) is 16.3 Å².